The molecule has 9 nitrogen and oxygen atoms in total. The second-order valence-corrected chi connectivity index (χ2v) is 11.7. The van der Waals surface area contributed by atoms with Gasteiger partial charge in [-0.25, -0.2) is 14.0 Å². The Morgan fingerprint density at radius 1 is 0.930 bits per heavy atom. The maximum atomic E-state index is 12.7. The van der Waals surface area contributed by atoms with Gasteiger partial charge in [-0.05, 0) is 74.0 Å². The Labute approximate surface area is 261 Å². The van der Waals surface area contributed by atoms with E-state index in [1.165, 1.54) is 0 Å². The molecule has 226 valence electrons. The lowest BCUT2D eigenvalue weighted by atomic mass is 10.2. The maximum absolute atomic E-state index is 12.7. The lowest BCUT2D eigenvalue weighted by Crippen LogP contribution is -2.46. The lowest BCUT2D eigenvalue weighted by Gasteiger charge is -2.37. The van der Waals surface area contributed by atoms with Gasteiger partial charge in [0.15, 0.2) is 6.29 Å². The van der Waals surface area contributed by atoms with Crippen LogP contribution in [-0.2, 0) is 9.47 Å². The summed E-state index contributed by atoms with van der Waals surface area (Å²) in [6.07, 6.45) is 1.74. The van der Waals surface area contributed by atoms with Gasteiger partial charge in [-0.1, -0.05) is 36.2 Å². The molecule has 0 bridgehead atoms. The summed E-state index contributed by atoms with van der Waals surface area (Å²) < 4.78 is 20.9. The number of hydrogen-bond acceptors (Lipinski definition) is 7. The molecule has 43 heavy (non-hydrogen) atoms. The Morgan fingerprint density at radius 2 is 1.56 bits per heavy atom. The summed E-state index contributed by atoms with van der Waals surface area (Å²) in [6.45, 7) is 8.48. The molecular weight excluding hydrogens is 589 g/mol. The molecule has 0 amide bonds. The number of benzene rings is 3. The van der Waals surface area contributed by atoms with Crippen molar-refractivity contribution >= 4 is 34.6 Å². The van der Waals surface area contributed by atoms with Crippen molar-refractivity contribution in [3.63, 3.8) is 0 Å². The van der Waals surface area contributed by atoms with Crippen molar-refractivity contribution in [2.24, 2.45) is 0 Å². The highest BCUT2D eigenvalue weighted by Gasteiger charge is 2.29. The van der Waals surface area contributed by atoms with Gasteiger partial charge < -0.3 is 24.0 Å². The third-order valence-corrected chi connectivity index (χ3v) is 8.64. The van der Waals surface area contributed by atoms with Crippen molar-refractivity contribution in [2.75, 3.05) is 49.2 Å². The van der Waals surface area contributed by atoms with E-state index in [9.17, 15) is 4.79 Å². The fourth-order valence-corrected chi connectivity index (χ4v) is 5.85. The summed E-state index contributed by atoms with van der Waals surface area (Å²) in [5.41, 5.74) is 3.78. The highest BCUT2D eigenvalue weighted by Crippen LogP contribution is 2.33. The average molecular weight is 625 g/mol. The smallest absolute Gasteiger partial charge is 0.350 e. The van der Waals surface area contributed by atoms with Crippen LogP contribution in [0.2, 0.25) is 10.0 Å². The van der Waals surface area contributed by atoms with Crippen LogP contribution in [0.3, 0.4) is 0 Å². The van der Waals surface area contributed by atoms with Gasteiger partial charge in [0, 0.05) is 48.1 Å². The Hall–Kier alpha value is -3.50. The third kappa shape index (κ3) is 6.55. The van der Waals surface area contributed by atoms with E-state index >= 15 is 0 Å². The number of hydrogen-bond donors (Lipinski definition) is 0. The van der Waals surface area contributed by atoms with E-state index in [1.807, 2.05) is 44.2 Å². The van der Waals surface area contributed by atoms with Crippen LogP contribution >= 0.6 is 23.2 Å². The first-order valence-corrected chi connectivity index (χ1v) is 15.4. The van der Waals surface area contributed by atoms with Crippen LogP contribution in [0.1, 0.15) is 38.2 Å². The molecule has 0 saturated carbocycles. The molecule has 6 rings (SSSR count). The Kier molecular flexibility index (Phi) is 8.95. The van der Waals surface area contributed by atoms with Gasteiger partial charge in [-0.2, -0.15) is 5.10 Å². The van der Waals surface area contributed by atoms with Crippen LogP contribution in [0, 0.1) is 0 Å². The number of piperazine rings is 1. The second-order valence-electron chi connectivity index (χ2n) is 10.9. The molecule has 0 N–H and O–H groups in total. The Bertz CT molecular complexity index is 1580. The molecule has 2 saturated heterocycles. The average Bonchev–Trinajstić information content (AvgIpc) is 3.67. The van der Waals surface area contributed by atoms with Crippen LogP contribution in [0.4, 0.5) is 11.4 Å². The molecule has 2 aliphatic heterocycles. The van der Waals surface area contributed by atoms with Crippen LogP contribution < -0.4 is 20.2 Å². The standard InChI is InChI=1S/C32H35Cl2N5O4/c1-3-22(2)39-32(40)38(21-35-39)26-7-5-24(6-8-26)36-14-16-37(17-15-36)25-9-11-27(12-10-25)41-19-28-20-42-31(43-28)29-13-4-23(33)18-30(29)34/h4-13,18,21-22,28,31H,3,14-17,19-20H2,1-2H3/t22-,28-,31+/m1/s1. The molecular formula is C32H35Cl2N5O4. The summed E-state index contributed by atoms with van der Waals surface area (Å²) in [4.78, 5) is 17.5. The van der Waals surface area contributed by atoms with Crippen LogP contribution in [-0.4, -0.2) is 59.8 Å². The fourth-order valence-electron chi connectivity index (χ4n) is 5.35. The molecule has 3 aromatic carbocycles. The number of nitrogens with zero attached hydrogens (tertiary/aromatic N) is 5. The lowest BCUT2D eigenvalue weighted by molar-refractivity contribution is -0.0658. The zero-order chi connectivity index (χ0) is 29.9. The summed E-state index contributed by atoms with van der Waals surface area (Å²) in [6, 6.07) is 21.7. The summed E-state index contributed by atoms with van der Waals surface area (Å²) in [5.74, 6) is 0.785. The van der Waals surface area contributed by atoms with Crippen molar-refractivity contribution in [3.8, 4) is 11.4 Å². The van der Waals surface area contributed by atoms with Gasteiger partial charge in [-0.3, -0.25) is 0 Å². The van der Waals surface area contributed by atoms with Crippen molar-refractivity contribution in [1.29, 1.82) is 0 Å². The molecule has 2 aliphatic rings. The fraction of sp³-hybridized carbons (Fsp3) is 0.375. The van der Waals surface area contributed by atoms with E-state index in [4.69, 9.17) is 37.4 Å². The third-order valence-electron chi connectivity index (χ3n) is 8.08. The molecule has 1 aromatic heterocycles. The molecule has 0 spiro atoms. The van der Waals surface area contributed by atoms with Gasteiger partial charge in [-0.15, -0.1) is 0 Å². The highest BCUT2D eigenvalue weighted by atomic mass is 35.5. The first-order valence-electron chi connectivity index (χ1n) is 14.6. The van der Waals surface area contributed by atoms with E-state index in [-0.39, 0.29) is 17.8 Å². The monoisotopic (exact) mass is 623 g/mol. The minimum absolute atomic E-state index is 0.0737. The summed E-state index contributed by atoms with van der Waals surface area (Å²) in [5, 5.41) is 5.38. The van der Waals surface area contributed by atoms with E-state index in [0.717, 1.165) is 61.0 Å². The van der Waals surface area contributed by atoms with Gasteiger partial charge in [0.2, 0.25) is 0 Å². The number of anilines is 2. The molecule has 0 unspecified atom stereocenters. The van der Waals surface area contributed by atoms with E-state index in [0.29, 0.717) is 23.3 Å². The first kappa shape index (κ1) is 29.6. The van der Waals surface area contributed by atoms with Gasteiger partial charge in [0.1, 0.15) is 24.8 Å². The first-order chi connectivity index (χ1) is 20.9. The maximum Gasteiger partial charge on any atom is 0.350 e. The second kappa shape index (κ2) is 13.0. The van der Waals surface area contributed by atoms with Crippen LogP contribution in [0.5, 0.6) is 5.75 Å². The van der Waals surface area contributed by atoms with Gasteiger partial charge >= 0.3 is 5.69 Å². The summed E-state index contributed by atoms with van der Waals surface area (Å²) >= 11 is 12.3. The van der Waals surface area contributed by atoms with Gasteiger partial charge in [0.25, 0.3) is 0 Å². The Morgan fingerprint density at radius 3 is 2.19 bits per heavy atom. The van der Waals surface area contributed by atoms with Crippen molar-refractivity contribution in [1.82, 2.24) is 14.3 Å². The molecule has 3 atom stereocenters. The quantitative estimate of drug-likeness (QED) is 0.222. The number of ether oxygens (including phenoxy) is 3. The molecule has 0 radical (unpaired) electrons. The molecule has 3 heterocycles. The SMILES string of the molecule is CC[C@@H](C)n1ncn(-c2ccc(N3CCN(c4ccc(OC[C@@H]5CO[C@H](c6ccc(Cl)cc6Cl)O5)cc4)CC3)cc2)c1=O. The predicted octanol–water partition coefficient (Wildman–Crippen LogP) is 6.13. The highest BCUT2D eigenvalue weighted by molar-refractivity contribution is 6.35. The zero-order valence-corrected chi connectivity index (χ0v) is 25.7. The molecule has 2 fully saturated rings. The number of aromatic nitrogens is 3. The normalized spacial score (nSPS) is 19.5. The summed E-state index contributed by atoms with van der Waals surface area (Å²) in [7, 11) is 0. The topological polar surface area (TPSA) is 74.0 Å². The van der Waals surface area contributed by atoms with E-state index in [1.54, 1.807) is 27.7 Å². The number of rotatable bonds is 9. The van der Waals surface area contributed by atoms with Crippen LogP contribution in [0.25, 0.3) is 5.69 Å². The van der Waals surface area contributed by atoms with Gasteiger partial charge in [0.05, 0.1) is 23.4 Å². The van der Waals surface area contributed by atoms with Crippen molar-refractivity contribution in [3.05, 3.63) is 99.2 Å². The van der Waals surface area contributed by atoms with Crippen molar-refractivity contribution < 1.29 is 14.2 Å². The van der Waals surface area contributed by atoms with Crippen molar-refractivity contribution in [2.45, 2.75) is 38.7 Å². The minimum Gasteiger partial charge on any atom is -0.491 e. The minimum atomic E-state index is -0.526. The Balaban J connectivity index is 0.981. The number of halogens is 2. The zero-order valence-electron chi connectivity index (χ0n) is 24.2. The van der Waals surface area contributed by atoms with Crippen LogP contribution in [0.15, 0.2) is 77.9 Å². The largest absolute Gasteiger partial charge is 0.491 e. The van der Waals surface area contributed by atoms with E-state index in [2.05, 4.69) is 39.2 Å². The molecule has 11 heteroatoms. The molecule has 4 aromatic rings. The molecule has 0 aliphatic carbocycles. The van der Waals surface area contributed by atoms with E-state index < -0.39 is 6.29 Å². The predicted molar refractivity (Wildman–Crippen MR) is 169 cm³/mol.